The lowest BCUT2D eigenvalue weighted by molar-refractivity contribution is 0.0945. The lowest BCUT2D eigenvalue weighted by Crippen LogP contribution is -2.24. The van der Waals surface area contributed by atoms with Crippen LogP contribution < -0.4 is 5.32 Å². The van der Waals surface area contributed by atoms with Crippen LogP contribution in [0, 0.1) is 23.3 Å². The van der Waals surface area contributed by atoms with Crippen molar-refractivity contribution in [3.05, 3.63) is 70.8 Å². The highest BCUT2D eigenvalue weighted by Gasteiger charge is 2.18. The molecule has 0 fully saturated rings. The van der Waals surface area contributed by atoms with Crippen molar-refractivity contribution in [1.82, 2.24) is 5.32 Å². The van der Waals surface area contributed by atoms with E-state index in [1.54, 1.807) is 6.07 Å². The number of benzene rings is 2. The fourth-order valence-electron chi connectivity index (χ4n) is 1.61. The fraction of sp³-hybridized carbons (Fsp3) is 0.0714. The van der Waals surface area contributed by atoms with E-state index in [9.17, 15) is 22.4 Å². The molecule has 0 spiro atoms. The number of nitrogens with one attached hydrogen (secondary N) is 1. The first-order chi connectivity index (χ1) is 9.50. The van der Waals surface area contributed by atoms with Gasteiger partial charge in [0.25, 0.3) is 5.91 Å². The zero-order valence-corrected chi connectivity index (χ0v) is 10.1. The van der Waals surface area contributed by atoms with Crippen molar-refractivity contribution < 1.29 is 22.4 Å². The highest BCUT2D eigenvalue weighted by Crippen LogP contribution is 2.15. The highest BCUT2D eigenvalue weighted by atomic mass is 19.2. The van der Waals surface area contributed by atoms with E-state index in [4.69, 9.17) is 0 Å². The number of amides is 1. The van der Waals surface area contributed by atoms with Crippen molar-refractivity contribution in [3.63, 3.8) is 0 Å². The van der Waals surface area contributed by atoms with Gasteiger partial charge in [-0.1, -0.05) is 18.2 Å². The third kappa shape index (κ3) is 2.79. The summed E-state index contributed by atoms with van der Waals surface area (Å²) in [4.78, 5) is 11.7. The first-order valence-electron chi connectivity index (χ1n) is 5.66. The summed E-state index contributed by atoms with van der Waals surface area (Å²) in [5, 5.41) is 2.24. The summed E-state index contributed by atoms with van der Waals surface area (Å²) in [6.45, 7) is -0.191. The van der Waals surface area contributed by atoms with Crippen molar-refractivity contribution in [3.8, 4) is 0 Å². The molecule has 0 saturated heterocycles. The SMILES string of the molecule is O=C(NCc1ccccc1F)c1ccc(F)c(F)c1F. The van der Waals surface area contributed by atoms with Crippen LogP contribution in [0.25, 0.3) is 0 Å². The van der Waals surface area contributed by atoms with Crippen LogP contribution in [0.3, 0.4) is 0 Å². The number of hydrogen-bond acceptors (Lipinski definition) is 1. The largest absolute Gasteiger partial charge is 0.348 e. The van der Waals surface area contributed by atoms with Crippen LogP contribution in [0.5, 0.6) is 0 Å². The smallest absolute Gasteiger partial charge is 0.254 e. The van der Waals surface area contributed by atoms with Gasteiger partial charge in [0.2, 0.25) is 0 Å². The third-order valence-electron chi connectivity index (χ3n) is 2.68. The van der Waals surface area contributed by atoms with Gasteiger partial charge in [0.15, 0.2) is 17.5 Å². The zero-order chi connectivity index (χ0) is 14.7. The van der Waals surface area contributed by atoms with Gasteiger partial charge in [-0.15, -0.1) is 0 Å². The van der Waals surface area contributed by atoms with Gasteiger partial charge < -0.3 is 5.32 Å². The van der Waals surface area contributed by atoms with Gasteiger partial charge in [-0.3, -0.25) is 4.79 Å². The van der Waals surface area contributed by atoms with Crippen LogP contribution in [-0.2, 0) is 6.54 Å². The molecular weight excluding hydrogens is 274 g/mol. The predicted octanol–water partition coefficient (Wildman–Crippen LogP) is 3.17. The molecule has 2 aromatic rings. The molecule has 1 amide bonds. The van der Waals surface area contributed by atoms with Gasteiger partial charge in [-0.25, -0.2) is 17.6 Å². The van der Waals surface area contributed by atoms with Crippen molar-refractivity contribution in [2.24, 2.45) is 0 Å². The Morgan fingerprint density at radius 1 is 0.900 bits per heavy atom. The van der Waals surface area contributed by atoms with Crippen LogP contribution >= 0.6 is 0 Å². The van der Waals surface area contributed by atoms with Gasteiger partial charge in [-0.2, -0.15) is 0 Å². The van der Waals surface area contributed by atoms with Gasteiger partial charge >= 0.3 is 0 Å². The van der Waals surface area contributed by atoms with Crippen molar-refractivity contribution in [1.29, 1.82) is 0 Å². The number of hydrogen-bond donors (Lipinski definition) is 1. The molecule has 104 valence electrons. The van der Waals surface area contributed by atoms with Crippen molar-refractivity contribution in [2.45, 2.75) is 6.54 Å². The van der Waals surface area contributed by atoms with Gasteiger partial charge in [0.05, 0.1) is 5.56 Å². The minimum absolute atomic E-state index is 0.191. The van der Waals surface area contributed by atoms with E-state index in [0.717, 1.165) is 6.07 Å². The Labute approximate surface area is 112 Å². The molecule has 0 aliphatic carbocycles. The van der Waals surface area contributed by atoms with Crippen LogP contribution in [-0.4, -0.2) is 5.91 Å². The normalized spacial score (nSPS) is 10.4. The van der Waals surface area contributed by atoms with E-state index in [2.05, 4.69) is 5.32 Å². The van der Waals surface area contributed by atoms with Gasteiger partial charge in [-0.05, 0) is 18.2 Å². The first kappa shape index (κ1) is 14.0. The number of halogens is 4. The second-order valence-corrected chi connectivity index (χ2v) is 4.00. The maximum Gasteiger partial charge on any atom is 0.254 e. The topological polar surface area (TPSA) is 29.1 Å². The maximum atomic E-state index is 13.4. The molecule has 6 heteroatoms. The summed E-state index contributed by atoms with van der Waals surface area (Å²) < 4.78 is 52.4. The highest BCUT2D eigenvalue weighted by molar-refractivity contribution is 5.94. The average molecular weight is 283 g/mol. The molecule has 20 heavy (non-hydrogen) atoms. The van der Waals surface area contributed by atoms with Gasteiger partial charge in [0, 0.05) is 12.1 Å². The number of carbonyl (C=O) groups is 1. The van der Waals surface area contributed by atoms with E-state index >= 15 is 0 Å². The molecule has 0 radical (unpaired) electrons. The summed E-state index contributed by atoms with van der Waals surface area (Å²) in [6, 6.07) is 7.18. The van der Waals surface area contributed by atoms with Crippen LogP contribution in [0.1, 0.15) is 15.9 Å². The monoisotopic (exact) mass is 283 g/mol. The molecule has 0 heterocycles. The molecule has 0 atom stereocenters. The summed E-state index contributed by atoms with van der Waals surface area (Å²) >= 11 is 0. The Hall–Kier alpha value is -2.37. The second-order valence-electron chi connectivity index (χ2n) is 4.00. The Kier molecular flexibility index (Phi) is 4.02. The summed E-state index contributed by atoms with van der Waals surface area (Å²) in [5.41, 5.74) is -0.441. The molecule has 0 aliphatic heterocycles. The maximum absolute atomic E-state index is 13.4. The Morgan fingerprint density at radius 3 is 2.30 bits per heavy atom. The molecule has 0 saturated carbocycles. The molecule has 2 aromatic carbocycles. The van der Waals surface area contributed by atoms with Crippen LogP contribution in [0.15, 0.2) is 36.4 Å². The third-order valence-corrected chi connectivity index (χ3v) is 2.68. The Bertz CT molecular complexity index is 658. The van der Waals surface area contributed by atoms with E-state index in [0.29, 0.717) is 6.07 Å². The first-order valence-corrected chi connectivity index (χ1v) is 5.66. The van der Waals surface area contributed by atoms with Gasteiger partial charge in [0.1, 0.15) is 5.82 Å². The summed E-state index contributed by atoms with van der Waals surface area (Å²) in [6.07, 6.45) is 0. The standard InChI is InChI=1S/C14H9F4NO/c15-10-4-2-1-3-8(10)7-19-14(20)9-5-6-11(16)13(18)12(9)17/h1-6H,7H2,(H,19,20). The van der Waals surface area contributed by atoms with E-state index in [-0.39, 0.29) is 12.1 Å². The van der Waals surface area contributed by atoms with Crippen molar-refractivity contribution in [2.75, 3.05) is 0 Å². The summed E-state index contributed by atoms with van der Waals surface area (Å²) in [5.74, 6) is -6.16. The lowest BCUT2D eigenvalue weighted by Gasteiger charge is -2.07. The Morgan fingerprint density at radius 2 is 1.60 bits per heavy atom. The molecular formula is C14H9F4NO. The molecule has 0 unspecified atom stereocenters. The van der Waals surface area contributed by atoms with E-state index in [1.165, 1.54) is 18.2 Å². The molecule has 0 aliphatic rings. The minimum Gasteiger partial charge on any atom is -0.348 e. The van der Waals surface area contributed by atoms with E-state index < -0.39 is 34.7 Å². The number of carbonyl (C=O) groups excluding carboxylic acids is 1. The van der Waals surface area contributed by atoms with E-state index in [1.807, 2.05) is 0 Å². The minimum atomic E-state index is -1.72. The quantitative estimate of drug-likeness (QED) is 0.680. The van der Waals surface area contributed by atoms with Crippen molar-refractivity contribution >= 4 is 5.91 Å². The van der Waals surface area contributed by atoms with Crippen LogP contribution in [0.2, 0.25) is 0 Å². The molecule has 2 nitrogen and oxygen atoms in total. The predicted molar refractivity (Wildman–Crippen MR) is 63.9 cm³/mol. The average Bonchev–Trinajstić information content (AvgIpc) is 2.44. The number of rotatable bonds is 3. The molecule has 0 aromatic heterocycles. The molecule has 1 N–H and O–H groups in total. The van der Waals surface area contributed by atoms with Crippen LogP contribution in [0.4, 0.5) is 17.6 Å². The summed E-state index contributed by atoms with van der Waals surface area (Å²) in [7, 11) is 0. The zero-order valence-electron chi connectivity index (χ0n) is 10.1. The fourth-order valence-corrected chi connectivity index (χ4v) is 1.61. The second kappa shape index (κ2) is 5.73. The lowest BCUT2D eigenvalue weighted by atomic mass is 10.1. The molecule has 0 bridgehead atoms. The Balaban J connectivity index is 2.14. The molecule has 2 rings (SSSR count).